The predicted molar refractivity (Wildman–Crippen MR) is 77.0 cm³/mol. The van der Waals surface area contributed by atoms with E-state index in [2.05, 4.69) is 18.1 Å². The molecule has 0 unspecified atom stereocenters. The van der Waals surface area contributed by atoms with Crippen LogP contribution < -0.4 is 0 Å². The van der Waals surface area contributed by atoms with Crippen molar-refractivity contribution in [3.8, 4) is 0 Å². The topological polar surface area (TPSA) is 20.3 Å². The highest BCUT2D eigenvalue weighted by Crippen LogP contribution is 2.07. The van der Waals surface area contributed by atoms with Crippen LogP contribution in [0.4, 0.5) is 0 Å². The average molecular weight is 243 g/mol. The van der Waals surface area contributed by atoms with Gasteiger partial charge in [-0.1, -0.05) is 42.0 Å². The van der Waals surface area contributed by atoms with Crippen LogP contribution in [-0.2, 0) is 0 Å². The molecule has 0 aliphatic rings. The van der Waals surface area contributed by atoms with Gasteiger partial charge in [-0.2, -0.15) is 0 Å². The molecule has 2 heteroatoms. The zero-order valence-electron chi connectivity index (χ0n) is 11.1. The van der Waals surface area contributed by atoms with E-state index in [-0.39, 0.29) is 5.78 Å². The largest absolute Gasteiger partial charge is 0.296 e. The van der Waals surface area contributed by atoms with Crippen molar-refractivity contribution in [3.05, 3.63) is 60.7 Å². The predicted octanol–water partition coefficient (Wildman–Crippen LogP) is 3.24. The molecule has 0 aliphatic carbocycles. The summed E-state index contributed by atoms with van der Waals surface area (Å²) in [7, 11) is 0. The average Bonchev–Trinajstić information content (AvgIpc) is 2.37. The van der Waals surface area contributed by atoms with Crippen LogP contribution in [0.2, 0.25) is 0 Å². The van der Waals surface area contributed by atoms with Gasteiger partial charge in [-0.3, -0.25) is 9.69 Å². The summed E-state index contributed by atoms with van der Waals surface area (Å²) in [6, 6.07) is 7.73. The second-order valence-corrected chi connectivity index (χ2v) is 4.38. The van der Waals surface area contributed by atoms with E-state index in [0.717, 1.165) is 25.2 Å². The van der Waals surface area contributed by atoms with Crippen molar-refractivity contribution in [2.24, 2.45) is 0 Å². The van der Waals surface area contributed by atoms with Crippen molar-refractivity contribution in [2.45, 2.75) is 13.3 Å². The molecule has 2 nitrogen and oxygen atoms in total. The summed E-state index contributed by atoms with van der Waals surface area (Å²) < 4.78 is 0. The molecule has 18 heavy (non-hydrogen) atoms. The molecule has 0 amide bonds. The summed E-state index contributed by atoms with van der Waals surface area (Å²) in [4.78, 5) is 14.1. The summed E-state index contributed by atoms with van der Waals surface area (Å²) in [5.41, 5.74) is 1.96. The SMILES string of the molecule is C=CCN(CC=C)CCC(=O)c1ccc(C)cc1. The highest BCUT2D eigenvalue weighted by atomic mass is 16.1. The number of rotatable bonds is 8. The smallest absolute Gasteiger partial charge is 0.164 e. The number of carbonyl (C=O) groups is 1. The third-order valence-electron chi connectivity index (χ3n) is 2.80. The molecule has 0 aliphatic heterocycles. The highest BCUT2D eigenvalue weighted by molar-refractivity contribution is 5.96. The number of carbonyl (C=O) groups excluding carboxylic acids is 1. The molecule has 0 saturated carbocycles. The minimum absolute atomic E-state index is 0.188. The van der Waals surface area contributed by atoms with E-state index in [9.17, 15) is 4.79 Å². The third kappa shape index (κ3) is 4.68. The van der Waals surface area contributed by atoms with Crippen molar-refractivity contribution in [2.75, 3.05) is 19.6 Å². The van der Waals surface area contributed by atoms with Gasteiger partial charge in [0.05, 0.1) is 0 Å². The number of hydrogen-bond donors (Lipinski definition) is 0. The maximum Gasteiger partial charge on any atom is 0.164 e. The number of aryl methyl sites for hydroxylation is 1. The van der Waals surface area contributed by atoms with Gasteiger partial charge in [0.25, 0.3) is 0 Å². The maximum absolute atomic E-state index is 12.0. The van der Waals surface area contributed by atoms with E-state index in [1.54, 1.807) is 0 Å². The van der Waals surface area contributed by atoms with E-state index in [0.29, 0.717) is 6.42 Å². The first-order valence-corrected chi connectivity index (χ1v) is 6.21. The molecule has 1 aromatic rings. The normalized spacial score (nSPS) is 10.3. The van der Waals surface area contributed by atoms with Gasteiger partial charge in [-0.15, -0.1) is 13.2 Å². The minimum Gasteiger partial charge on any atom is -0.296 e. The van der Waals surface area contributed by atoms with Gasteiger partial charge in [0, 0.05) is 31.6 Å². The summed E-state index contributed by atoms with van der Waals surface area (Å²) in [6.45, 7) is 11.8. The minimum atomic E-state index is 0.188. The zero-order chi connectivity index (χ0) is 13.4. The molecule has 0 heterocycles. The fourth-order valence-electron chi connectivity index (χ4n) is 1.77. The Morgan fingerprint density at radius 1 is 1.17 bits per heavy atom. The lowest BCUT2D eigenvalue weighted by atomic mass is 10.1. The Kier molecular flexibility index (Phi) is 6.09. The maximum atomic E-state index is 12.0. The molecule has 96 valence electrons. The van der Waals surface area contributed by atoms with E-state index in [4.69, 9.17) is 0 Å². The Balaban J connectivity index is 2.51. The standard InChI is InChI=1S/C16H21NO/c1-4-11-17(12-5-2)13-10-16(18)15-8-6-14(3)7-9-15/h4-9H,1-2,10-13H2,3H3. The number of hydrogen-bond acceptors (Lipinski definition) is 2. The Morgan fingerprint density at radius 3 is 2.22 bits per heavy atom. The second kappa shape index (κ2) is 7.62. The van der Waals surface area contributed by atoms with Crippen molar-refractivity contribution < 1.29 is 4.79 Å². The first-order chi connectivity index (χ1) is 8.67. The van der Waals surface area contributed by atoms with Crippen LogP contribution in [-0.4, -0.2) is 30.3 Å². The molecule has 0 N–H and O–H groups in total. The molecule has 1 aromatic carbocycles. The fourth-order valence-corrected chi connectivity index (χ4v) is 1.77. The van der Waals surface area contributed by atoms with Gasteiger partial charge in [0.15, 0.2) is 5.78 Å². The molecule has 1 rings (SSSR count). The fraction of sp³-hybridized carbons (Fsp3) is 0.312. The van der Waals surface area contributed by atoms with Crippen LogP contribution in [0.3, 0.4) is 0 Å². The van der Waals surface area contributed by atoms with Crippen LogP contribution in [0.25, 0.3) is 0 Å². The summed E-state index contributed by atoms with van der Waals surface area (Å²) in [6.07, 6.45) is 4.23. The van der Waals surface area contributed by atoms with Crippen molar-refractivity contribution in [3.63, 3.8) is 0 Å². The molecule has 0 atom stereocenters. The molecule has 0 spiro atoms. The Hall–Kier alpha value is -1.67. The Morgan fingerprint density at radius 2 is 1.72 bits per heavy atom. The monoisotopic (exact) mass is 243 g/mol. The van der Waals surface area contributed by atoms with Crippen LogP contribution in [0.5, 0.6) is 0 Å². The molecule has 0 saturated heterocycles. The van der Waals surface area contributed by atoms with E-state index < -0.39 is 0 Å². The van der Waals surface area contributed by atoms with Crippen LogP contribution in [0.15, 0.2) is 49.6 Å². The van der Waals surface area contributed by atoms with Crippen LogP contribution in [0.1, 0.15) is 22.3 Å². The Bertz CT molecular complexity index is 396. The van der Waals surface area contributed by atoms with Crippen molar-refractivity contribution in [1.82, 2.24) is 4.90 Å². The van der Waals surface area contributed by atoms with Crippen molar-refractivity contribution >= 4 is 5.78 Å². The zero-order valence-corrected chi connectivity index (χ0v) is 11.1. The van der Waals surface area contributed by atoms with Gasteiger partial charge >= 0.3 is 0 Å². The first-order valence-electron chi connectivity index (χ1n) is 6.21. The lowest BCUT2D eigenvalue weighted by Crippen LogP contribution is -2.26. The number of benzene rings is 1. The number of nitrogens with zero attached hydrogens (tertiary/aromatic N) is 1. The van der Waals surface area contributed by atoms with Gasteiger partial charge < -0.3 is 0 Å². The van der Waals surface area contributed by atoms with Gasteiger partial charge in [0.1, 0.15) is 0 Å². The molecule has 0 bridgehead atoms. The summed E-state index contributed by atoms with van der Waals surface area (Å²) >= 11 is 0. The summed E-state index contributed by atoms with van der Waals surface area (Å²) in [5, 5.41) is 0. The van der Waals surface area contributed by atoms with Gasteiger partial charge in [-0.25, -0.2) is 0 Å². The molecular weight excluding hydrogens is 222 g/mol. The molecule has 0 fully saturated rings. The second-order valence-electron chi connectivity index (χ2n) is 4.38. The molecular formula is C16H21NO. The highest BCUT2D eigenvalue weighted by Gasteiger charge is 2.08. The Labute approximate surface area is 110 Å². The lowest BCUT2D eigenvalue weighted by Gasteiger charge is -2.17. The van der Waals surface area contributed by atoms with Crippen LogP contribution in [0, 0.1) is 6.92 Å². The first kappa shape index (κ1) is 14.4. The third-order valence-corrected chi connectivity index (χ3v) is 2.80. The summed E-state index contributed by atoms with van der Waals surface area (Å²) in [5.74, 6) is 0.188. The molecule has 0 radical (unpaired) electrons. The lowest BCUT2D eigenvalue weighted by molar-refractivity contribution is 0.0968. The van der Waals surface area contributed by atoms with E-state index >= 15 is 0 Å². The van der Waals surface area contributed by atoms with E-state index in [1.165, 1.54) is 5.56 Å². The number of ketones is 1. The van der Waals surface area contributed by atoms with Crippen molar-refractivity contribution in [1.29, 1.82) is 0 Å². The van der Waals surface area contributed by atoms with E-state index in [1.807, 2.05) is 43.3 Å². The quantitative estimate of drug-likeness (QED) is 0.516. The molecule has 0 aromatic heterocycles. The van der Waals surface area contributed by atoms with Gasteiger partial charge in [0.2, 0.25) is 0 Å². The van der Waals surface area contributed by atoms with Crippen LogP contribution >= 0.6 is 0 Å². The van der Waals surface area contributed by atoms with Gasteiger partial charge in [-0.05, 0) is 6.92 Å². The number of Topliss-reactive ketones (excluding diaryl/α,β-unsaturated/α-hetero) is 1.